The van der Waals surface area contributed by atoms with Crippen LogP contribution in [0.1, 0.15) is 97.5 Å². The minimum absolute atomic E-state index is 0.222. The Bertz CT molecular complexity index is 922. The molecule has 34 heavy (non-hydrogen) atoms. The molecule has 2 aromatic carbocycles. The van der Waals surface area contributed by atoms with Crippen molar-refractivity contribution in [3.8, 4) is 11.5 Å². The van der Waals surface area contributed by atoms with E-state index >= 15 is 0 Å². The van der Waals surface area contributed by atoms with Gasteiger partial charge in [-0.3, -0.25) is 15.5 Å². The number of nitrogens with one attached hydrogen (secondary N) is 1. The molecule has 2 rings (SSSR count). The molecular formula is C28H40ClN2O3. The van der Waals surface area contributed by atoms with E-state index in [0.29, 0.717) is 28.8 Å². The van der Waals surface area contributed by atoms with Gasteiger partial charge in [0, 0.05) is 12.0 Å². The Morgan fingerprint density at radius 2 is 1.59 bits per heavy atom. The number of hydrogen-bond acceptors (Lipinski definition) is 4. The summed E-state index contributed by atoms with van der Waals surface area (Å²) in [6.45, 7) is 8.33. The van der Waals surface area contributed by atoms with Crippen molar-refractivity contribution in [1.82, 2.24) is 5.73 Å². The number of unbranched alkanes of at least 4 members (excludes halogenated alkanes) is 8. The first kappa shape index (κ1) is 27.8. The molecule has 0 spiro atoms. The van der Waals surface area contributed by atoms with Crippen molar-refractivity contribution in [3.05, 3.63) is 47.0 Å². The predicted molar refractivity (Wildman–Crippen MR) is 142 cm³/mol. The van der Waals surface area contributed by atoms with Gasteiger partial charge in [-0.25, -0.2) is 4.99 Å². The maximum atomic E-state index is 10.2. The van der Waals surface area contributed by atoms with Gasteiger partial charge < -0.3 is 5.11 Å². The van der Waals surface area contributed by atoms with E-state index in [1.807, 2.05) is 20.8 Å². The van der Waals surface area contributed by atoms with Gasteiger partial charge in [-0.1, -0.05) is 90.7 Å². The van der Waals surface area contributed by atoms with Crippen molar-refractivity contribution in [1.29, 1.82) is 0 Å². The van der Waals surface area contributed by atoms with E-state index in [9.17, 15) is 5.11 Å². The van der Waals surface area contributed by atoms with E-state index in [4.69, 9.17) is 27.1 Å². The molecule has 0 amide bonds. The van der Waals surface area contributed by atoms with E-state index in [0.717, 1.165) is 18.4 Å². The predicted octanol–water partition coefficient (Wildman–Crippen LogP) is 9.22. The fourth-order valence-corrected chi connectivity index (χ4v) is 3.81. The molecule has 6 heteroatoms. The molecular weight excluding hydrogens is 448 g/mol. The molecule has 187 valence electrons. The third-order valence-electron chi connectivity index (χ3n) is 5.71. The molecule has 0 aliphatic rings. The van der Waals surface area contributed by atoms with Crippen LogP contribution in [0.4, 0.5) is 11.4 Å². The van der Waals surface area contributed by atoms with Crippen molar-refractivity contribution < 1.29 is 14.9 Å². The third-order valence-corrected chi connectivity index (χ3v) is 6.04. The summed E-state index contributed by atoms with van der Waals surface area (Å²) in [5, 5.41) is 10.6. The lowest BCUT2D eigenvalue weighted by atomic mass is 9.86. The zero-order valence-electron chi connectivity index (χ0n) is 21.1. The first-order valence-corrected chi connectivity index (χ1v) is 12.8. The van der Waals surface area contributed by atoms with Crippen LogP contribution in [-0.2, 0) is 10.3 Å². The summed E-state index contributed by atoms with van der Waals surface area (Å²) in [4.78, 5) is 15.8. The van der Waals surface area contributed by atoms with Crippen molar-refractivity contribution in [2.75, 3.05) is 0 Å². The second kappa shape index (κ2) is 14.1. The van der Waals surface area contributed by atoms with Crippen molar-refractivity contribution in [2.24, 2.45) is 4.99 Å². The second-order valence-corrected chi connectivity index (χ2v) is 10.3. The van der Waals surface area contributed by atoms with Crippen molar-refractivity contribution in [3.63, 3.8) is 0 Å². The Labute approximate surface area is 210 Å². The van der Waals surface area contributed by atoms with Crippen LogP contribution in [0.25, 0.3) is 0 Å². The summed E-state index contributed by atoms with van der Waals surface area (Å²) < 4.78 is 0. The monoisotopic (exact) mass is 487 g/mol. The Kier molecular flexibility index (Phi) is 11.5. The topological polar surface area (TPSA) is 74.9 Å². The smallest absolute Gasteiger partial charge is 0.246 e. The number of nitrogens with zero attached hydrogens (tertiary/aromatic N) is 1. The summed E-state index contributed by atoms with van der Waals surface area (Å²) in [6.07, 6.45) is 11.7. The lowest BCUT2D eigenvalue weighted by molar-refractivity contribution is -0.119. The minimum Gasteiger partial charge on any atom is -0.508 e. The SMILES string of the molecule is CCCCCCCCCCCC(=Nc1ccc(Cl)c([NH])c1)OOc1ccc(O)c(C(C)(C)C)c1. The summed E-state index contributed by atoms with van der Waals surface area (Å²) in [7, 11) is 0. The van der Waals surface area contributed by atoms with Crippen LogP contribution in [0.15, 0.2) is 41.4 Å². The maximum absolute atomic E-state index is 10.2. The van der Waals surface area contributed by atoms with Gasteiger partial charge in [-0.15, -0.1) is 0 Å². The number of phenolic OH excluding ortho intramolecular Hbond substituents is 1. The summed E-state index contributed by atoms with van der Waals surface area (Å²) in [5.74, 6) is 1.18. The van der Waals surface area contributed by atoms with Crippen LogP contribution >= 0.6 is 11.6 Å². The van der Waals surface area contributed by atoms with Crippen LogP contribution in [0.5, 0.6) is 11.5 Å². The van der Waals surface area contributed by atoms with E-state index in [2.05, 4.69) is 11.9 Å². The zero-order valence-corrected chi connectivity index (χ0v) is 21.9. The molecule has 0 fully saturated rings. The second-order valence-electron chi connectivity index (χ2n) is 9.84. The molecule has 0 saturated carbocycles. The Morgan fingerprint density at radius 1 is 0.941 bits per heavy atom. The summed E-state index contributed by atoms with van der Waals surface area (Å²) in [6, 6.07) is 10.1. The normalized spacial score (nSPS) is 12.1. The zero-order chi connectivity index (χ0) is 25.0. The highest BCUT2D eigenvalue weighted by Gasteiger charge is 2.19. The van der Waals surface area contributed by atoms with Crippen molar-refractivity contribution in [2.45, 2.75) is 97.3 Å². The van der Waals surface area contributed by atoms with Crippen LogP contribution in [-0.4, -0.2) is 11.0 Å². The molecule has 0 unspecified atom stereocenters. The van der Waals surface area contributed by atoms with E-state index < -0.39 is 0 Å². The van der Waals surface area contributed by atoms with Gasteiger partial charge in [-0.2, -0.15) is 0 Å². The molecule has 0 heterocycles. The fourth-order valence-electron chi connectivity index (χ4n) is 3.69. The third kappa shape index (κ3) is 9.84. The number of benzene rings is 2. The molecule has 0 saturated heterocycles. The molecule has 2 N–H and O–H groups in total. The molecule has 0 bridgehead atoms. The van der Waals surface area contributed by atoms with Gasteiger partial charge in [0.1, 0.15) is 5.75 Å². The van der Waals surface area contributed by atoms with Gasteiger partial charge in [0.05, 0.1) is 16.4 Å². The van der Waals surface area contributed by atoms with Gasteiger partial charge in [0.2, 0.25) is 5.90 Å². The number of aliphatic imine (C=N–C) groups is 1. The van der Waals surface area contributed by atoms with Gasteiger partial charge in [0.25, 0.3) is 0 Å². The first-order chi connectivity index (χ1) is 16.2. The highest BCUT2D eigenvalue weighted by atomic mass is 35.5. The van der Waals surface area contributed by atoms with Gasteiger partial charge >= 0.3 is 0 Å². The van der Waals surface area contributed by atoms with Crippen LogP contribution < -0.4 is 10.6 Å². The molecule has 0 atom stereocenters. The number of aromatic hydroxyl groups is 1. The van der Waals surface area contributed by atoms with Crippen LogP contribution in [0.2, 0.25) is 5.02 Å². The Hall–Kier alpha value is -2.40. The molecule has 0 aliphatic heterocycles. The van der Waals surface area contributed by atoms with Crippen LogP contribution in [0, 0.1) is 0 Å². The van der Waals surface area contributed by atoms with Crippen LogP contribution in [0.3, 0.4) is 0 Å². The fraction of sp³-hybridized carbons (Fsp3) is 0.536. The minimum atomic E-state index is -0.231. The summed E-state index contributed by atoms with van der Waals surface area (Å²) >= 11 is 5.98. The van der Waals surface area contributed by atoms with Gasteiger partial charge in [0.15, 0.2) is 5.75 Å². The number of hydrogen-bond donors (Lipinski definition) is 1. The highest BCUT2D eigenvalue weighted by molar-refractivity contribution is 6.32. The number of rotatable bonds is 13. The van der Waals surface area contributed by atoms with Crippen molar-refractivity contribution >= 4 is 28.9 Å². The summed E-state index contributed by atoms with van der Waals surface area (Å²) in [5.41, 5.74) is 9.29. The lowest BCUT2D eigenvalue weighted by Gasteiger charge is -2.20. The average molecular weight is 488 g/mol. The highest BCUT2D eigenvalue weighted by Crippen LogP contribution is 2.33. The van der Waals surface area contributed by atoms with E-state index in [1.54, 1.807) is 36.4 Å². The molecule has 1 radical (unpaired) electrons. The lowest BCUT2D eigenvalue weighted by Crippen LogP contribution is -2.12. The number of phenols is 1. The Balaban J connectivity index is 1.99. The van der Waals surface area contributed by atoms with E-state index in [1.165, 1.54) is 44.9 Å². The standard InChI is InChI=1S/C28H40ClN2O3/c1-5-6-7-8-9-10-11-12-13-14-27(31-21-15-17-24(29)25(30)19-21)34-33-22-16-18-26(32)23(20-22)28(2,3)4/h15-20,30,32H,5-14H2,1-4H3. The van der Waals surface area contributed by atoms with E-state index in [-0.39, 0.29) is 16.9 Å². The average Bonchev–Trinajstić information content (AvgIpc) is 2.78. The molecule has 0 aromatic heterocycles. The molecule has 2 aromatic rings. The molecule has 5 nitrogen and oxygen atoms in total. The first-order valence-electron chi connectivity index (χ1n) is 12.5. The largest absolute Gasteiger partial charge is 0.508 e. The quantitative estimate of drug-likeness (QED) is 0.100. The maximum Gasteiger partial charge on any atom is 0.246 e. The van der Waals surface area contributed by atoms with Gasteiger partial charge in [-0.05, 0) is 48.2 Å². The number of halogens is 1. The Morgan fingerprint density at radius 3 is 2.21 bits per heavy atom. The molecule has 0 aliphatic carbocycles.